The van der Waals surface area contributed by atoms with Crippen LogP contribution in [0.3, 0.4) is 0 Å². The van der Waals surface area contributed by atoms with Crippen LogP contribution in [0.15, 0.2) is 22.7 Å². The van der Waals surface area contributed by atoms with Crippen LogP contribution in [0.1, 0.15) is 67.8 Å². The molecule has 3 amide bonds. The fraction of sp³-hybridized carbons (Fsp3) is 0.621. The Morgan fingerprint density at radius 1 is 1.21 bits per heavy atom. The summed E-state index contributed by atoms with van der Waals surface area (Å²) in [6.45, 7) is 9.52. The molecule has 0 spiro atoms. The van der Waals surface area contributed by atoms with Gasteiger partial charge in [0.15, 0.2) is 5.76 Å². The van der Waals surface area contributed by atoms with Crippen molar-refractivity contribution < 1.29 is 24.0 Å². The lowest BCUT2D eigenvalue weighted by Crippen LogP contribution is -2.50. The van der Waals surface area contributed by atoms with Crippen LogP contribution >= 0.6 is 0 Å². The van der Waals surface area contributed by atoms with Gasteiger partial charge in [-0.2, -0.15) is 0 Å². The van der Waals surface area contributed by atoms with Gasteiger partial charge in [0.1, 0.15) is 23.2 Å². The number of aryl methyl sites for hydroxylation is 2. The summed E-state index contributed by atoms with van der Waals surface area (Å²) >= 11 is 0. The van der Waals surface area contributed by atoms with E-state index in [-0.39, 0.29) is 30.6 Å². The SMILES string of the molecule is Cc1noc(C)c1NC(=O)Nc1ccc2c(c1)C(=O)N([C@@H](C)CO)C[C@H](C)[C@@H](CN(C)CC1CCCCC1)O2. The quantitative estimate of drug-likeness (QED) is 0.444. The Morgan fingerprint density at radius 3 is 2.62 bits per heavy atom. The fourth-order valence-electron chi connectivity index (χ4n) is 5.65. The second-order valence-corrected chi connectivity index (χ2v) is 11.3. The van der Waals surface area contributed by atoms with E-state index < -0.39 is 6.03 Å². The van der Waals surface area contributed by atoms with E-state index in [1.165, 1.54) is 32.1 Å². The van der Waals surface area contributed by atoms with E-state index in [9.17, 15) is 14.7 Å². The highest BCUT2D eigenvalue weighted by Gasteiger charge is 2.34. The van der Waals surface area contributed by atoms with Crippen LogP contribution in [0.2, 0.25) is 0 Å². The van der Waals surface area contributed by atoms with E-state index in [0.717, 1.165) is 19.0 Å². The van der Waals surface area contributed by atoms with E-state index in [1.54, 1.807) is 36.9 Å². The largest absolute Gasteiger partial charge is 0.488 e. The van der Waals surface area contributed by atoms with Gasteiger partial charge < -0.3 is 34.8 Å². The number of hydrogen-bond acceptors (Lipinski definition) is 7. The summed E-state index contributed by atoms with van der Waals surface area (Å²) in [5.41, 5.74) is 1.89. The van der Waals surface area contributed by atoms with Crippen LogP contribution < -0.4 is 15.4 Å². The second-order valence-electron chi connectivity index (χ2n) is 11.3. The van der Waals surface area contributed by atoms with Crippen molar-refractivity contribution in [2.75, 3.05) is 43.9 Å². The van der Waals surface area contributed by atoms with Crippen LogP contribution in [0.25, 0.3) is 0 Å². The number of aliphatic hydroxyl groups excluding tert-OH is 1. The van der Waals surface area contributed by atoms with Crippen molar-refractivity contribution in [3.8, 4) is 5.75 Å². The molecular formula is C29H43N5O5. The molecule has 4 rings (SSSR count). The molecule has 2 aliphatic rings. The number of aromatic nitrogens is 1. The Bertz CT molecular complexity index is 1130. The minimum absolute atomic E-state index is 0.0588. The smallest absolute Gasteiger partial charge is 0.323 e. The number of urea groups is 1. The fourth-order valence-corrected chi connectivity index (χ4v) is 5.65. The summed E-state index contributed by atoms with van der Waals surface area (Å²) in [6, 6.07) is 4.28. The van der Waals surface area contributed by atoms with E-state index in [0.29, 0.717) is 40.7 Å². The highest BCUT2D eigenvalue weighted by Crippen LogP contribution is 2.31. The van der Waals surface area contributed by atoms with E-state index >= 15 is 0 Å². The molecule has 1 fully saturated rings. The van der Waals surface area contributed by atoms with E-state index in [2.05, 4.69) is 34.7 Å². The standard InChI is InChI=1S/C29H43N5O5/c1-18-14-34(19(2)17-35)28(36)24-13-23(30-29(37)31-27-20(3)32-39-21(27)4)11-12-25(24)38-26(18)16-33(5)15-22-9-7-6-8-10-22/h11-13,18-19,22,26,35H,6-10,14-17H2,1-5H3,(H2,30,31,37)/t18-,19-,26+/m0/s1. The number of carbonyl (C=O) groups excluding carboxylic acids is 2. The number of ether oxygens (including phenoxy) is 1. The van der Waals surface area contributed by atoms with Crippen molar-refractivity contribution in [3.63, 3.8) is 0 Å². The molecule has 2 heterocycles. The van der Waals surface area contributed by atoms with Gasteiger partial charge >= 0.3 is 6.03 Å². The third-order valence-corrected chi connectivity index (χ3v) is 7.98. The molecule has 214 valence electrons. The summed E-state index contributed by atoms with van der Waals surface area (Å²) < 4.78 is 11.6. The van der Waals surface area contributed by atoms with Crippen LogP contribution in [0.4, 0.5) is 16.2 Å². The number of nitrogens with zero attached hydrogens (tertiary/aromatic N) is 3. The number of benzene rings is 1. The lowest BCUT2D eigenvalue weighted by molar-refractivity contribution is 0.0330. The first-order valence-corrected chi connectivity index (χ1v) is 14.1. The van der Waals surface area contributed by atoms with Crippen molar-refractivity contribution in [3.05, 3.63) is 35.2 Å². The van der Waals surface area contributed by atoms with Gasteiger partial charge in [0.25, 0.3) is 5.91 Å². The summed E-state index contributed by atoms with van der Waals surface area (Å²) in [4.78, 5) is 30.5. The lowest BCUT2D eigenvalue weighted by Gasteiger charge is -2.38. The summed E-state index contributed by atoms with van der Waals surface area (Å²) in [5.74, 6) is 1.53. The summed E-state index contributed by atoms with van der Waals surface area (Å²) in [7, 11) is 2.15. The molecule has 39 heavy (non-hydrogen) atoms. The highest BCUT2D eigenvalue weighted by molar-refractivity contribution is 6.03. The zero-order chi connectivity index (χ0) is 28.1. The molecule has 1 aliphatic carbocycles. The maximum absolute atomic E-state index is 13.7. The predicted molar refractivity (Wildman–Crippen MR) is 150 cm³/mol. The first-order chi connectivity index (χ1) is 18.7. The number of anilines is 2. The average Bonchev–Trinajstić information content (AvgIpc) is 3.23. The molecule has 1 aliphatic heterocycles. The maximum Gasteiger partial charge on any atom is 0.323 e. The van der Waals surface area contributed by atoms with Crippen LogP contribution in [-0.4, -0.2) is 77.4 Å². The number of nitrogens with one attached hydrogen (secondary N) is 2. The number of carbonyl (C=O) groups is 2. The average molecular weight is 542 g/mol. The highest BCUT2D eigenvalue weighted by atomic mass is 16.5. The molecule has 0 saturated heterocycles. The van der Waals surface area contributed by atoms with Gasteiger partial charge in [0, 0.05) is 31.2 Å². The number of rotatable bonds is 8. The number of aliphatic hydroxyl groups is 1. The molecule has 1 saturated carbocycles. The minimum atomic E-state index is -0.472. The molecular weight excluding hydrogens is 498 g/mol. The topological polar surface area (TPSA) is 120 Å². The normalized spacial score (nSPS) is 21.1. The van der Waals surface area contributed by atoms with Crippen molar-refractivity contribution in [2.24, 2.45) is 11.8 Å². The Kier molecular flexibility index (Phi) is 9.50. The summed E-state index contributed by atoms with van der Waals surface area (Å²) in [5, 5.41) is 19.3. The lowest BCUT2D eigenvalue weighted by atomic mass is 9.89. The first-order valence-electron chi connectivity index (χ1n) is 14.1. The van der Waals surface area contributed by atoms with Crippen LogP contribution in [-0.2, 0) is 0 Å². The molecule has 1 aromatic carbocycles. The van der Waals surface area contributed by atoms with Gasteiger partial charge in [-0.05, 0) is 64.8 Å². The van der Waals surface area contributed by atoms with Gasteiger partial charge in [-0.25, -0.2) is 4.79 Å². The molecule has 3 atom stereocenters. The molecule has 10 heteroatoms. The van der Waals surface area contributed by atoms with E-state index in [1.807, 2.05) is 6.92 Å². The Balaban J connectivity index is 1.54. The number of fused-ring (bicyclic) bond motifs is 1. The molecule has 0 bridgehead atoms. The summed E-state index contributed by atoms with van der Waals surface area (Å²) in [6.07, 6.45) is 6.38. The molecule has 0 radical (unpaired) electrons. The third-order valence-electron chi connectivity index (χ3n) is 7.98. The Labute approximate surface area is 231 Å². The zero-order valence-corrected chi connectivity index (χ0v) is 23.8. The third kappa shape index (κ3) is 7.10. The van der Waals surface area contributed by atoms with Crippen LogP contribution in [0, 0.1) is 25.7 Å². The minimum Gasteiger partial charge on any atom is -0.488 e. The molecule has 10 nitrogen and oxygen atoms in total. The van der Waals surface area contributed by atoms with Gasteiger partial charge in [-0.15, -0.1) is 0 Å². The Hall–Kier alpha value is -3.11. The number of amides is 3. The number of likely N-dealkylation sites (N-methyl/N-ethyl adjacent to an activating group) is 1. The van der Waals surface area contributed by atoms with Crippen molar-refractivity contribution >= 4 is 23.3 Å². The van der Waals surface area contributed by atoms with Crippen molar-refractivity contribution in [1.29, 1.82) is 0 Å². The Morgan fingerprint density at radius 2 is 1.95 bits per heavy atom. The van der Waals surface area contributed by atoms with Crippen molar-refractivity contribution in [1.82, 2.24) is 15.0 Å². The predicted octanol–water partition coefficient (Wildman–Crippen LogP) is 4.67. The molecule has 3 N–H and O–H groups in total. The molecule has 0 unspecified atom stereocenters. The number of hydrogen-bond donors (Lipinski definition) is 3. The van der Waals surface area contributed by atoms with Gasteiger partial charge in [-0.3, -0.25) is 4.79 Å². The van der Waals surface area contributed by atoms with Gasteiger partial charge in [-0.1, -0.05) is 31.3 Å². The van der Waals surface area contributed by atoms with Gasteiger partial charge in [0.2, 0.25) is 0 Å². The monoisotopic (exact) mass is 541 g/mol. The second kappa shape index (κ2) is 12.8. The first kappa shape index (κ1) is 28.9. The van der Waals surface area contributed by atoms with Crippen LogP contribution in [0.5, 0.6) is 5.75 Å². The van der Waals surface area contributed by atoms with E-state index in [4.69, 9.17) is 9.26 Å². The molecule has 2 aromatic rings. The molecule has 1 aromatic heterocycles. The van der Waals surface area contributed by atoms with Crippen molar-refractivity contribution in [2.45, 2.75) is 71.9 Å². The zero-order valence-electron chi connectivity index (χ0n) is 23.8. The van der Waals surface area contributed by atoms with Gasteiger partial charge in [0.05, 0.1) is 18.2 Å². The maximum atomic E-state index is 13.7.